The van der Waals surface area contributed by atoms with E-state index >= 15 is 0 Å². The predicted molar refractivity (Wildman–Crippen MR) is 120 cm³/mol. The molecule has 30 heavy (non-hydrogen) atoms. The van der Waals surface area contributed by atoms with E-state index in [1.54, 1.807) is 6.92 Å². The number of piperidine rings is 1. The van der Waals surface area contributed by atoms with Crippen LogP contribution in [0.15, 0.2) is 48.5 Å². The molecule has 160 valence electrons. The number of hydrogen-bond donors (Lipinski definition) is 0. The zero-order valence-corrected chi connectivity index (χ0v) is 18.4. The molecule has 2 aliphatic heterocycles. The molecule has 2 aromatic rings. The van der Waals surface area contributed by atoms with Crippen LogP contribution in [0.25, 0.3) is 0 Å². The summed E-state index contributed by atoms with van der Waals surface area (Å²) in [6.45, 7) is 4.93. The molecule has 0 N–H and O–H groups in total. The van der Waals surface area contributed by atoms with E-state index in [0.717, 1.165) is 49.4 Å². The molecule has 1 saturated heterocycles. The second kappa shape index (κ2) is 8.40. The molecule has 0 bridgehead atoms. The highest BCUT2D eigenvalue weighted by atomic mass is 32.2. The Morgan fingerprint density at radius 3 is 2.40 bits per heavy atom. The van der Waals surface area contributed by atoms with Gasteiger partial charge in [-0.05, 0) is 48.6 Å². The summed E-state index contributed by atoms with van der Waals surface area (Å²) in [7, 11) is -3.27. The molecular weight excluding hydrogens is 398 g/mol. The number of sulfonamides is 1. The van der Waals surface area contributed by atoms with Gasteiger partial charge in [0.25, 0.3) is 0 Å². The summed E-state index contributed by atoms with van der Waals surface area (Å²) in [6, 6.07) is 16.4. The summed E-state index contributed by atoms with van der Waals surface area (Å²) in [5.41, 5.74) is 3.92. The highest BCUT2D eigenvalue weighted by molar-refractivity contribution is 7.92. The van der Waals surface area contributed by atoms with Crippen LogP contribution in [-0.4, -0.2) is 51.2 Å². The van der Waals surface area contributed by atoms with Gasteiger partial charge in [0.2, 0.25) is 15.9 Å². The zero-order chi connectivity index (χ0) is 21.3. The Morgan fingerprint density at radius 1 is 1.07 bits per heavy atom. The van der Waals surface area contributed by atoms with Gasteiger partial charge < -0.3 is 4.90 Å². The molecule has 1 amide bonds. The van der Waals surface area contributed by atoms with Crippen molar-refractivity contribution < 1.29 is 13.2 Å². The van der Waals surface area contributed by atoms with E-state index in [9.17, 15) is 13.2 Å². The van der Waals surface area contributed by atoms with Gasteiger partial charge >= 0.3 is 0 Å². The number of carbonyl (C=O) groups is 1. The van der Waals surface area contributed by atoms with Crippen LogP contribution in [0, 0.1) is 0 Å². The van der Waals surface area contributed by atoms with Crippen LogP contribution >= 0.6 is 0 Å². The summed E-state index contributed by atoms with van der Waals surface area (Å²) < 4.78 is 25.4. The SMILES string of the molecule is CC(=O)N(c1ccc2c(c1)CCN2S(C)(=O)=O)C1CCN(Cc2ccccc2)CC1. The lowest BCUT2D eigenvalue weighted by Crippen LogP contribution is -2.46. The molecule has 0 radical (unpaired) electrons. The van der Waals surface area contributed by atoms with Crippen molar-refractivity contribution in [1.29, 1.82) is 0 Å². The minimum Gasteiger partial charge on any atom is -0.310 e. The Labute approximate surface area is 179 Å². The van der Waals surface area contributed by atoms with E-state index in [-0.39, 0.29) is 11.9 Å². The van der Waals surface area contributed by atoms with Crippen LogP contribution in [0.5, 0.6) is 0 Å². The maximum absolute atomic E-state index is 12.5. The number of fused-ring (bicyclic) bond motifs is 1. The molecule has 4 rings (SSSR count). The van der Waals surface area contributed by atoms with Crippen molar-refractivity contribution in [1.82, 2.24) is 4.90 Å². The molecule has 0 unspecified atom stereocenters. The minimum atomic E-state index is -3.27. The fourth-order valence-corrected chi connectivity index (χ4v) is 5.64. The van der Waals surface area contributed by atoms with Crippen molar-refractivity contribution in [3.8, 4) is 0 Å². The first-order valence-corrected chi connectivity index (χ1v) is 12.3. The van der Waals surface area contributed by atoms with E-state index in [0.29, 0.717) is 13.0 Å². The van der Waals surface area contributed by atoms with Gasteiger partial charge in [-0.3, -0.25) is 14.0 Å². The number of amides is 1. The first-order chi connectivity index (χ1) is 14.3. The molecular formula is C23H29N3O3S. The number of anilines is 2. The summed E-state index contributed by atoms with van der Waals surface area (Å²) in [4.78, 5) is 16.9. The fraction of sp³-hybridized carbons (Fsp3) is 0.435. The summed E-state index contributed by atoms with van der Waals surface area (Å²) >= 11 is 0. The quantitative estimate of drug-likeness (QED) is 0.736. The number of likely N-dealkylation sites (tertiary alicyclic amines) is 1. The molecule has 2 aliphatic rings. The predicted octanol–water partition coefficient (Wildman–Crippen LogP) is 3.03. The lowest BCUT2D eigenvalue weighted by atomic mass is 10.0. The molecule has 0 aliphatic carbocycles. The second-order valence-corrected chi connectivity index (χ2v) is 10.2. The lowest BCUT2D eigenvalue weighted by molar-refractivity contribution is -0.117. The molecule has 7 heteroatoms. The third-order valence-corrected chi connectivity index (χ3v) is 7.28. The maximum atomic E-state index is 12.5. The van der Waals surface area contributed by atoms with Crippen LogP contribution in [-0.2, 0) is 27.8 Å². The van der Waals surface area contributed by atoms with Gasteiger partial charge in [-0.15, -0.1) is 0 Å². The summed E-state index contributed by atoms with van der Waals surface area (Å²) in [5, 5.41) is 0. The van der Waals surface area contributed by atoms with E-state index in [4.69, 9.17) is 0 Å². The molecule has 0 aromatic heterocycles. The number of hydrogen-bond acceptors (Lipinski definition) is 4. The average molecular weight is 428 g/mol. The van der Waals surface area contributed by atoms with Gasteiger partial charge in [-0.2, -0.15) is 0 Å². The normalized spacial score (nSPS) is 17.7. The van der Waals surface area contributed by atoms with E-state index < -0.39 is 10.0 Å². The number of rotatable bonds is 5. The Morgan fingerprint density at radius 2 is 1.77 bits per heavy atom. The van der Waals surface area contributed by atoms with Crippen molar-refractivity contribution >= 4 is 27.3 Å². The molecule has 0 atom stereocenters. The zero-order valence-electron chi connectivity index (χ0n) is 17.6. The van der Waals surface area contributed by atoms with Gasteiger partial charge in [-0.1, -0.05) is 30.3 Å². The fourth-order valence-electron chi connectivity index (χ4n) is 4.68. The van der Waals surface area contributed by atoms with Gasteiger partial charge in [0.1, 0.15) is 0 Å². The van der Waals surface area contributed by atoms with Crippen molar-refractivity contribution in [2.45, 2.75) is 38.8 Å². The summed E-state index contributed by atoms with van der Waals surface area (Å²) in [5.74, 6) is 0.0365. The van der Waals surface area contributed by atoms with Crippen LogP contribution < -0.4 is 9.21 Å². The Hall–Kier alpha value is -2.38. The van der Waals surface area contributed by atoms with Gasteiger partial charge in [0.15, 0.2) is 0 Å². The third kappa shape index (κ3) is 4.37. The van der Waals surface area contributed by atoms with Crippen LogP contribution in [0.3, 0.4) is 0 Å². The highest BCUT2D eigenvalue weighted by Crippen LogP contribution is 2.34. The Balaban J connectivity index is 1.47. The van der Waals surface area contributed by atoms with Crippen molar-refractivity contribution in [3.63, 3.8) is 0 Å². The van der Waals surface area contributed by atoms with Gasteiger partial charge in [0.05, 0.1) is 11.9 Å². The first kappa shape index (κ1) is 20.9. The standard InChI is InChI=1S/C23H29N3O3S/c1-18(27)26(21-11-13-24(14-12-21)17-19-6-4-3-5-7-19)22-8-9-23-20(16-22)10-15-25(23)30(2,28)29/h3-9,16,21H,10-15,17H2,1-2H3. The van der Waals surface area contributed by atoms with Crippen LogP contribution in [0.4, 0.5) is 11.4 Å². The van der Waals surface area contributed by atoms with Crippen molar-refractivity contribution in [3.05, 3.63) is 59.7 Å². The van der Waals surface area contributed by atoms with Gasteiger partial charge in [0, 0.05) is 44.8 Å². The Bertz CT molecular complexity index is 1020. The molecule has 1 fully saturated rings. The Kier molecular flexibility index (Phi) is 5.84. The maximum Gasteiger partial charge on any atom is 0.232 e. The van der Waals surface area contributed by atoms with Crippen LogP contribution in [0.2, 0.25) is 0 Å². The minimum absolute atomic E-state index is 0.0365. The number of carbonyl (C=O) groups excluding carboxylic acids is 1. The van der Waals surface area contributed by atoms with Crippen molar-refractivity contribution in [2.75, 3.05) is 35.1 Å². The van der Waals surface area contributed by atoms with E-state index in [2.05, 4.69) is 29.2 Å². The smallest absolute Gasteiger partial charge is 0.232 e. The van der Waals surface area contributed by atoms with Crippen molar-refractivity contribution in [2.24, 2.45) is 0 Å². The topological polar surface area (TPSA) is 60.9 Å². The molecule has 0 saturated carbocycles. The lowest BCUT2D eigenvalue weighted by Gasteiger charge is -2.38. The first-order valence-electron chi connectivity index (χ1n) is 10.5. The largest absolute Gasteiger partial charge is 0.310 e. The number of nitrogens with zero attached hydrogens (tertiary/aromatic N) is 3. The highest BCUT2D eigenvalue weighted by Gasteiger charge is 2.30. The molecule has 2 heterocycles. The monoisotopic (exact) mass is 427 g/mol. The van der Waals surface area contributed by atoms with Gasteiger partial charge in [-0.25, -0.2) is 8.42 Å². The second-order valence-electron chi connectivity index (χ2n) is 8.28. The number of benzene rings is 2. The molecule has 0 spiro atoms. The van der Waals surface area contributed by atoms with E-state index in [1.165, 1.54) is 16.1 Å². The molecule has 6 nitrogen and oxygen atoms in total. The van der Waals surface area contributed by atoms with Crippen LogP contribution in [0.1, 0.15) is 30.9 Å². The third-order valence-electron chi connectivity index (χ3n) is 6.11. The average Bonchev–Trinajstić information content (AvgIpc) is 3.14. The van der Waals surface area contributed by atoms with E-state index in [1.807, 2.05) is 29.2 Å². The molecule has 2 aromatic carbocycles. The summed E-state index contributed by atoms with van der Waals surface area (Å²) in [6.07, 6.45) is 3.77.